The van der Waals surface area contributed by atoms with E-state index in [0.29, 0.717) is 33.5 Å². The molecule has 0 spiro atoms. The highest BCUT2D eigenvalue weighted by atomic mass is 35.5. The highest BCUT2D eigenvalue weighted by Gasteiger charge is 2.34. The van der Waals surface area contributed by atoms with Crippen LogP contribution in [-0.4, -0.2) is 36.0 Å². The Morgan fingerprint density at radius 3 is 2.78 bits per heavy atom. The van der Waals surface area contributed by atoms with Gasteiger partial charge in [-0.3, -0.25) is 9.89 Å². The summed E-state index contributed by atoms with van der Waals surface area (Å²) >= 11 is 6.60. The summed E-state index contributed by atoms with van der Waals surface area (Å²) in [4.78, 5) is 28.7. The maximum atomic E-state index is 13.0. The Hall–Kier alpha value is -3.58. The number of aromatic amines is 1. The first-order valence-electron chi connectivity index (χ1n) is 8.78. The SMILES string of the molecule is C=C(NCc1ncc(C(=O)Nc2cc(C(F)(F)F)c(Cl)cn2)s1)c1ncnc2[nH]ncc12. The summed E-state index contributed by atoms with van der Waals surface area (Å²) in [5.41, 5.74) is 0.543. The zero-order chi connectivity index (χ0) is 22.9. The summed E-state index contributed by atoms with van der Waals surface area (Å²) in [6.45, 7) is 4.19. The van der Waals surface area contributed by atoms with Gasteiger partial charge in [0.05, 0.1) is 46.3 Å². The first-order valence-corrected chi connectivity index (χ1v) is 9.98. The fourth-order valence-corrected chi connectivity index (χ4v) is 3.63. The van der Waals surface area contributed by atoms with Gasteiger partial charge in [0.2, 0.25) is 0 Å². The van der Waals surface area contributed by atoms with Gasteiger partial charge in [-0.1, -0.05) is 18.2 Å². The summed E-state index contributed by atoms with van der Waals surface area (Å²) in [7, 11) is 0. The number of hydrogen-bond acceptors (Lipinski definition) is 8. The van der Waals surface area contributed by atoms with Crippen LogP contribution in [0.5, 0.6) is 0 Å². The molecular weight excluding hydrogens is 469 g/mol. The lowest BCUT2D eigenvalue weighted by Gasteiger charge is -2.10. The molecule has 32 heavy (non-hydrogen) atoms. The third-order valence-corrected chi connectivity index (χ3v) is 5.46. The average Bonchev–Trinajstić information content (AvgIpc) is 3.42. The average molecular weight is 481 g/mol. The molecule has 1 amide bonds. The number of amides is 1. The number of anilines is 1. The number of pyridine rings is 1. The van der Waals surface area contributed by atoms with Crippen LogP contribution in [0.2, 0.25) is 5.02 Å². The second kappa shape index (κ2) is 8.51. The highest BCUT2D eigenvalue weighted by molar-refractivity contribution is 7.13. The number of H-pyrrole nitrogens is 1. The summed E-state index contributed by atoms with van der Waals surface area (Å²) in [5.74, 6) is -0.924. The fraction of sp³-hybridized carbons (Fsp3) is 0.111. The number of nitrogens with one attached hydrogen (secondary N) is 3. The van der Waals surface area contributed by atoms with Gasteiger partial charge in [-0.2, -0.15) is 18.3 Å². The third kappa shape index (κ3) is 4.53. The highest BCUT2D eigenvalue weighted by Crippen LogP contribution is 2.35. The van der Waals surface area contributed by atoms with E-state index in [1.165, 1.54) is 12.5 Å². The van der Waals surface area contributed by atoms with Crippen LogP contribution in [-0.2, 0) is 12.7 Å². The Labute approximate surface area is 186 Å². The zero-order valence-electron chi connectivity index (χ0n) is 15.9. The second-order valence-electron chi connectivity index (χ2n) is 6.31. The smallest absolute Gasteiger partial charge is 0.377 e. The summed E-state index contributed by atoms with van der Waals surface area (Å²) in [5, 5.41) is 12.7. The molecule has 4 aromatic rings. The van der Waals surface area contributed by atoms with Gasteiger partial charge in [-0.05, 0) is 6.07 Å². The first-order chi connectivity index (χ1) is 15.2. The summed E-state index contributed by atoms with van der Waals surface area (Å²) in [6.07, 6.45) is 0.440. The number of rotatable bonds is 6. The molecule has 4 rings (SSSR count). The quantitative estimate of drug-likeness (QED) is 0.382. The van der Waals surface area contributed by atoms with Crippen molar-refractivity contribution in [1.82, 2.24) is 35.5 Å². The molecule has 3 N–H and O–H groups in total. The zero-order valence-corrected chi connectivity index (χ0v) is 17.4. The van der Waals surface area contributed by atoms with Crippen molar-refractivity contribution in [3.63, 3.8) is 0 Å². The standard InChI is InChI=1S/C18H12ClF3N8OS/c1-8(15-9-3-28-30-16(9)27-7-26-15)23-6-14-25-5-12(32-14)17(31)29-13-2-10(18(20,21)22)11(19)4-24-13/h2-5,7,23H,1,6H2,(H,24,29,31)(H,26,27,28,30). The lowest BCUT2D eigenvalue weighted by Crippen LogP contribution is -2.14. The molecule has 0 aromatic carbocycles. The van der Waals surface area contributed by atoms with Crippen LogP contribution in [0.1, 0.15) is 25.9 Å². The van der Waals surface area contributed by atoms with Gasteiger partial charge in [0, 0.05) is 6.20 Å². The van der Waals surface area contributed by atoms with Gasteiger partial charge >= 0.3 is 6.18 Å². The van der Waals surface area contributed by atoms with Crippen molar-refractivity contribution in [2.45, 2.75) is 12.7 Å². The molecule has 0 saturated carbocycles. The van der Waals surface area contributed by atoms with E-state index in [9.17, 15) is 18.0 Å². The molecule has 164 valence electrons. The van der Waals surface area contributed by atoms with Crippen molar-refractivity contribution in [2.24, 2.45) is 0 Å². The van der Waals surface area contributed by atoms with Crippen LogP contribution in [0.4, 0.5) is 19.0 Å². The Morgan fingerprint density at radius 1 is 1.19 bits per heavy atom. The molecule has 0 saturated heterocycles. The van der Waals surface area contributed by atoms with Crippen LogP contribution < -0.4 is 10.6 Å². The van der Waals surface area contributed by atoms with Gasteiger partial charge < -0.3 is 10.6 Å². The van der Waals surface area contributed by atoms with Crippen LogP contribution in [0, 0.1) is 0 Å². The second-order valence-corrected chi connectivity index (χ2v) is 7.83. The van der Waals surface area contributed by atoms with Crippen LogP contribution >= 0.6 is 22.9 Å². The minimum atomic E-state index is -4.67. The predicted molar refractivity (Wildman–Crippen MR) is 112 cm³/mol. The van der Waals surface area contributed by atoms with E-state index in [-0.39, 0.29) is 17.2 Å². The van der Waals surface area contributed by atoms with E-state index in [0.717, 1.165) is 17.5 Å². The summed E-state index contributed by atoms with van der Waals surface area (Å²) in [6, 6.07) is 0.673. The van der Waals surface area contributed by atoms with Crippen molar-refractivity contribution in [3.8, 4) is 0 Å². The van der Waals surface area contributed by atoms with Crippen molar-refractivity contribution in [1.29, 1.82) is 0 Å². The molecule has 0 aliphatic carbocycles. The molecule has 0 radical (unpaired) electrons. The van der Waals surface area contributed by atoms with Gasteiger partial charge in [-0.25, -0.2) is 19.9 Å². The minimum Gasteiger partial charge on any atom is -0.377 e. The van der Waals surface area contributed by atoms with Crippen molar-refractivity contribution in [3.05, 3.63) is 63.7 Å². The fourth-order valence-electron chi connectivity index (χ4n) is 2.67. The number of aromatic nitrogens is 6. The van der Waals surface area contributed by atoms with E-state index >= 15 is 0 Å². The topological polar surface area (TPSA) is 121 Å². The number of halogens is 4. The molecule has 9 nitrogen and oxygen atoms in total. The molecular formula is C18H12ClF3N8OS. The van der Waals surface area contributed by atoms with E-state index in [1.54, 1.807) is 6.20 Å². The molecule has 0 aliphatic heterocycles. The van der Waals surface area contributed by atoms with Crippen LogP contribution in [0.3, 0.4) is 0 Å². The Kier molecular flexibility index (Phi) is 5.76. The molecule has 14 heteroatoms. The predicted octanol–water partition coefficient (Wildman–Crippen LogP) is 3.89. The molecule has 0 fully saturated rings. The molecule has 4 aromatic heterocycles. The van der Waals surface area contributed by atoms with Gasteiger partial charge in [-0.15, -0.1) is 11.3 Å². The van der Waals surface area contributed by atoms with Gasteiger partial charge in [0.1, 0.15) is 22.0 Å². The number of thiazole rings is 1. The Morgan fingerprint density at radius 2 is 2.00 bits per heavy atom. The van der Waals surface area contributed by atoms with Gasteiger partial charge in [0.15, 0.2) is 5.65 Å². The number of alkyl halides is 3. The molecule has 0 atom stereocenters. The normalized spacial score (nSPS) is 11.5. The number of carbonyl (C=O) groups is 1. The van der Waals surface area contributed by atoms with Crippen LogP contribution in [0.25, 0.3) is 16.7 Å². The Bertz CT molecular complexity index is 1320. The van der Waals surface area contributed by atoms with Crippen LogP contribution in [0.15, 0.2) is 37.6 Å². The third-order valence-electron chi connectivity index (χ3n) is 4.17. The van der Waals surface area contributed by atoms with Crippen molar-refractivity contribution >= 4 is 51.4 Å². The molecule has 4 heterocycles. The maximum absolute atomic E-state index is 13.0. The van der Waals surface area contributed by atoms with Crippen molar-refractivity contribution < 1.29 is 18.0 Å². The number of hydrogen-bond donors (Lipinski definition) is 3. The molecule has 0 bridgehead atoms. The lowest BCUT2D eigenvalue weighted by molar-refractivity contribution is -0.137. The van der Waals surface area contributed by atoms with E-state index in [4.69, 9.17) is 11.6 Å². The first kappa shape index (κ1) is 21.6. The minimum absolute atomic E-state index is 0.192. The number of fused-ring (bicyclic) bond motifs is 1. The van der Waals surface area contributed by atoms with Crippen molar-refractivity contribution in [2.75, 3.05) is 5.32 Å². The lowest BCUT2D eigenvalue weighted by atomic mass is 10.2. The Balaban J connectivity index is 1.41. The van der Waals surface area contributed by atoms with E-state index in [1.807, 2.05) is 0 Å². The number of nitrogens with zero attached hydrogens (tertiary/aromatic N) is 5. The molecule has 0 unspecified atom stereocenters. The number of carbonyl (C=O) groups excluding carboxylic acids is 1. The largest absolute Gasteiger partial charge is 0.418 e. The maximum Gasteiger partial charge on any atom is 0.418 e. The monoisotopic (exact) mass is 480 g/mol. The molecule has 0 aliphatic rings. The van der Waals surface area contributed by atoms with E-state index < -0.39 is 22.7 Å². The summed E-state index contributed by atoms with van der Waals surface area (Å²) < 4.78 is 38.9. The van der Waals surface area contributed by atoms with E-state index in [2.05, 4.69) is 47.3 Å². The van der Waals surface area contributed by atoms with Gasteiger partial charge in [0.25, 0.3) is 5.91 Å².